The Morgan fingerprint density at radius 3 is 2.86 bits per heavy atom. The highest BCUT2D eigenvalue weighted by Crippen LogP contribution is 2.32. The van der Waals surface area contributed by atoms with Crippen molar-refractivity contribution in [2.75, 3.05) is 20.8 Å². The fourth-order valence-corrected chi connectivity index (χ4v) is 3.66. The molecule has 1 saturated heterocycles. The minimum atomic E-state index is -0.0270. The number of likely N-dealkylation sites (tertiary alicyclic amines) is 1. The molecule has 0 spiro atoms. The number of aromatic amines is 1. The van der Waals surface area contributed by atoms with E-state index < -0.39 is 0 Å². The standard InChI is InChI=1S/C22H23N3O3/c1-27-16-11-9-15(20(14-16)28-2)10-12-21(26)25-13-5-8-19(25)22-23-17-6-3-4-7-18(17)24-22/h3-4,6-7,9-12,14,19H,5,8,13H2,1-2H3,(H,23,24)/b12-10+. The molecule has 1 atom stereocenters. The van der Waals surface area contributed by atoms with Crippen LogP contribution in [0.15, 0.2) is 48.5 Å². The van der Waals surface area contributed by atoms with E-state index in [-0.39, 0.29) is 11.9 Å². The number of hydrogen-bond acceptors (Lipinski definition) is 4. The maximum Gasteiger partial charge on any atom is 0.247 e. The third kappa shape index (κ3) is 3.45. The van der Waals surface area contributed by atoms with Gasteiger partial charge in [-0.2, -0.15) is 0 Å². The van der Waals surface area contributed by atoms with Gasteiger partial charge in [0, 0.05) is 24.3 Å². The van der Waals surface area contributed by atoms with Crippen LogP contribution < -0.4 is 9.47 Å². The number of rotatable bonds is 5. The average molecular weight is 377 g/mol. The summed E-state index contributed by atoms with van der Waals surface area (Å²) >= 11 is 0. The van der Waals surface area contributed by atoms with Crippen molar-refractivity contribution in [3.05, 3.63) is 59.9 Å². The van der Waals surface area contributed by atoms with Crippen molar-refractivity contribution in [1.82, 2.24) is 14.9 Å². The summed E-state index contributed by atoms with van der Waals surface area (Å²) in [6, 6.07) is 13.4. The molecule has 144 valence electrons. The molecule has 1 aliphatic heterocycles. The van der Waals surface area contributed by atoms with Crippen molar-refractivity contribution in [3.63, 3.8) is 0 Å². The lowest BCUT2D eigenvalue weighted by Gasteiger charge is -2.21. The lowest BCUT2D eigenvalue weighted by atomic mass is 10.1. The number of methoxy groups -OCH3 is 2. The lowest BCUT2D eigenvalue weighted by molar-refractivity contribution is -0.126. The Morgan fingerprint density at radius 2 is 2.07 bits per heavy atom. The normalized spacial score (nSPS) is 16.8. The van der Waals surface area contributed by atoms with Gasteiger partial charge in [-0.15, -0.1) is 0 Å². The fourth-order valence-electron chi connectivity index (χ4n) is 3.66. The predicted octanol–water partition coefficient (Wildman–Crippen LogP) is 3.96. The smallest absolute Gasteiger partial charge is 0.247 e. The van der Waals surface area contributed by atoms with E-state index in [1.165, 1.54) is 0 Å². The Balaban J connectivity index is 1.54. The van der Waals surface area contributed by atoms with E-state index in [1.807, 2.05) is 41.3 Å². The largest absolute Gasteiger partial charge is 0.497 e. The molecule has 3 aromatic rings. The van der Waals surface area contributed by atoms with E-state index >= 15 is 0 Å². The number of hydrogen-bond donors (Lipinski definition) is 1. The Kier molecular flexibility index (Phi) is 5.02. The zero-order chi connectivity index (χ0) is 19.5. The molecule has 1 aliphatic rings. The number of fused-ring (bicyclic) bond motifs is 1. The van der Waals surface area contributed by atoms with Gasteiger partial charge in [-0.05, 0) is 43.2 Å². The topological polar surface area (TPSA) is 67.5 Å². The summed E-state index contributed by atoms with van der Waals surface area (Å²) in [6.45, 7) is 0.727. The average Bonchev–Trinajstić information content (AvgIpc) is 3.38. The molecule has 28 heavy (non-hydrogen) atoms. The summed E-state index contributed by atoms with van der Waals surface area (Å²) in [4.78, 5) is 22.8. The Bertz CT molecular complexity index is 992. The Morgan fingerprint density at radius 1 is 1.21 bits per heavy atom. The molecule has 2 heterocycles. The van der Waals surface area contributed by atoms with Crippen LogP contribution in [0.3, 0.4) is 0 Å². The van der Waals surface area contributed by atoms with Gasteiger partial charge in [0.25, 0.3) is 0 Å². The zero-order valence-corrected chi connectivity index (χ0v) is 16.0. The minimum Gasteiger partial charge on any atom is -0.497 e. The number of nitrogens with zero attached hydrogens (tertiary/aromatic N) is 2. The van der Waals surface area contributed by atoms with Crippen molar-refractivity contribution in [2.45, 2.75) is 18.9 Å². The number of imidazole rings is 1. The Hall–Kier alpha value is -3.28. The van der Waals surface area contributed by atoms with Crippen LogP contribution in [0, 0.1) is 0 Å². The second kappa shape index (κ2) is 7.76. The number of benzene rings is 2. The molecule has 1 N–H and O–H groups in total. The highest BCUT2D eigenvalue weighted by molar-refractivity contribution is 5.92. The van der Waals surface area contributed by atoms with Crippen molar-refractivity contribution >= 4 is 23.0 Å². The van der Waals surface area contributed by atoms with Crippen LogP contribution in [0.5, 0.6) is 11.5 Å². The molecule has 6 heteroatoms. The molecular weight excluding hydrogens is 354 g/mol. The van der Waals surface area contributed by atoms with E-state index in [0.717, 1.165) is 41.8 Å². The molecule has 6 nitrogen and oxygen atoms in total. The number of aromatic nitrogens is 2. The van der Waals surface area contributed by atoms with Crippen LogP contribution in [0.4, 0.5) is 0 Å². The van der Waals surface area contributed by atoms with Crippen LogP contribution in [0.25, 0.3) is 17.1 Å². The molecule has 1 fully saturated rings. The highest BCUT2D eigenvalue weighted by Gasteiger charge is 2.31. The molecule has 2 aromatic carbocycles. The third-order valence-electron chi connectivity index (χ3n) is 5.11. The molecule has 1 aromatic heterocycles. The maximum atomic E-state index is 12.9. The van der Waals surface area contributed by atoms with Gasteiger partial charge in [0.15, 0.2) is 0 Å². The summed E-state index contributed by atoms with van der Waals surface area (Å²) in [5.74, 6) is 2.20. The number of amides is 1. The summed E-state index contributed by atoms with van der Waals surface area (Å²) < 4.78 is 10.6. The first-order chi connectivity index (χ1) is 13.7. The summed E-state index contributed by atoms with van der Waals surface area (Å²) in [6.07, 6.45) is 5.26. The van der Waals surface area contributed by atoms with E-state index in [9.17, 15) is 4.79 Å². The molecule has 0 saturated carbocycles. The van der Waals surface area contributed by atoms with Gasteiger partial charge >= 0.3 is 0 Å². The first-order valence-electron chi connectivity index (χ1n) is 9.35. The number of para-hydroxylation sites is 2. The highest BCUT2D eigenvalue weighted by atomic mass is 16.5. The molecule has 4 rings (SSSR count). The molecule has 1 unspecified atom stereocenters. The first-order valence-corrected chi connectivity index (χ1v) is 9.35. The monoisotopic (exact) mass is 377 g/mol. The number of carbonyl (C=O) groups excluding carboxylic acids is 1. The SMILES string of the molecule is COc1ccc(/C=C/C(=O)N2CCCC2c2nc3ccccc3[nH]2)c(OC)c1. The Labute approximate surface area is 163 Å². The number of nitrogens with one attached hydrogen (secondary N) is 1. The maximum absolute atomic E-state index is 12.9. The molecular formula is C22H23N3O3. The van der Waals surface area contributed by atoms with Crippen molar-refractivity contribution in [1.29, 1.82) is 0 Å². The van der Waals surface area contributed by atoms with Crippen molar-refractivity contribution in [2.24, 2.45) is 0 Å². The summed E-state index contributed by atoms with van der Waals surface area (Å²) in [5, 5.41) is 0. The van der Waals surface area contributed by atoms with Crippen LogP contribution in [0.1, 0.15) is 30.3 Å². The molecule has 0 aliphatic carbocycles. The van der Waals surface area contributed by atoms with Crippen molar-refractivity contribution < 1.29 is 14.3 Å². The number of carbonyl (C=O) groups is 1. The van der Waals surface area contributed by atoms with Gasteiger partial charge in [-0.25, -0.2) is 4.98 Å². The van der Waals surface area contributed by atoms with Crippen LogP contribution >= 0.6 is 0 Å². The second-order valence-corrected chi connectivity index (χ2v) is 6.77. The number of ether oxygens (including phenoxy) is 2. The van der Waals surface area contributed by atoms with Crippen LogP contribution in [0.2, 0.25) is 0 Å². The van der Waals surface area contributed by atoms with E-state index in [1.54, 1.807) is 32.4 Å². The summed E-state index contributed by atoms with van der Waals surface area (Å²) in [5.41, 5.74) is 2.75. The minimum absolute atomic E-state index is 0.0256. The van der Waals surface area contributed by atoms with Gasteiger partial charge in [0.2, 0.25) is 5.91 Å². The summed E-state index contributed by atoms with van der Waals surface area (Å²) in [7, 11) is 3.21. The zero-order valence-electron chi connectivity index (χ0n) is 16.0. The first kappa shape index (κ1) is 18.1. The fraction of sp³-hybridized carbons (Fsp3) is 0.273. The number of H-pyrrole nitrogens is 1. The van der Waals surface area contributed by atoms with Gasteiger partial charge in [-0.3, -0.25) is 4.79 Å². The predicted molar refractivity (Wildman–Crippen MR) is 108 cm³/mol. The lowest BCUT2D eigenvalue weighted by Crippen LogP contribution is -2.29. The molecule has 0 radical (unpaired) electrons. The van der Waals surface area contributed by atoms with Crippen molar-refractivity contribution in [3.8, 4) is 11.5 Å². The third-order valence-corrected chi connectivity index (χ3v) is 5.11. The van der Waals surface area contributed by atoms with Gasteiger partial charge < -0.3 is 19.4 Å². The van der Waals surface area contributed by atoms with E-state index in [0.29, 0.717) is 11.5 Å². The van der Waals surface area contributed by atoms with E-state index in [2.05, 4.69) is 9.97 Å². The van der Waals surface area contributed by atoms with Gasteiger partial charge in [-0.1, -0.05) is 12.1 Å². The van der Waals surface area contributed by atoms with Gasteiger partial charge in [0.1, 0.15) is 17.3 Å². The quantitative estimate of drug-likeness (QED) is 0.684. The molecule has 1 amide bonds. The second-order valence-electron chi connectivity index (χ2n) is 6.77. The van der Waals surface area contributed by atoms with Crippen LogP contribution in [-0.2, 0) is 4.79 Å². The van der Waals surface area contributed by atoms with Crippen LogP contribution in [-0.4, -0.2) is 41.5 Å². The van der Waals surface area contributed by atoms with E-state index in [4.69, 9.17) is 9.47 Å². The molecule has 0 bridgehead atoms. The van der Waals surface area contributed by atoms with Gasteiger partial charge in [0.05, 0.1) is 31.3 Å².